The van der Waals surface area contributed by atoms with E-state index in [0.717, 1.165) is 48.0 Å². The van der Waals surface area contributed by atoms with Crippen molar-refractivity contribution < 1.29 is 19.8 Å². The van der Waals surface area contributed by atoms with E-state index in [-0.39, 0.29) is 5.57 Å². The van der Waals surface area contributed by atoms with Crippen LogP contribution >= 0.6 is 22.7 Å². The molecule has 3 heterocycles. The molecule has 5 aromatic rings. The minimum atomic E-state index is -1.24. The fourth-order valence-electron chi connectivity index (χ4n) is 4.55. The molecule has 11 heteroatoms. The fourth-order valence-corrected chi connectivity index (χ4v) is 6.60. The van der Waals surface area contributed by atoms with Crippen molar-refractivity contribution >= 4 is 57.1 Å². The van der Waals surface area contributed by atoms with Gasteiger partial charge in [-0.3, -0.25) is 14.8 Å². The van der Waals surface area contributed by atoms with Gasteiger partial charge in [-0.1, -0.05) is 48.5 Å². The van der Waals surface area contributed by atoms with Crippen molar-refractivity contribution in [1.82, 2.24) is 0 Å². The Labute approximate surface area is 265 Å². The summed E-state index contributed by atoms with van der Waals surface area (Å²) < 4.78 is 0. The van der Waals surface area contributed by atoms with E-state index < -0.39 is 18.4 Å². The number of rotatable bonds is 8. The normalized spacial score (nSPS) is 11.5. The summed E-state index contributed by atoms with van der Waals surface area (Å²) in [5.41, 5.74) is 3.85. The van der Waals surface area contributed by atoms with Gasteiger partial charge in [0.25, 0.3) is 0 Å². The van der Waals surface area contributed by atoms with Crippen molar-refractivity contribution in [3.63, 3.8) is 0 Å². The van der Waals surface area contributed by atoms with E-state index in [1.54, 1.807) is 17.4 Å². The number of aliphatic carboxylic acids is 2. The second kappa shape index (κ2) is 14.1. The molecule has 45 heavy (non-hydrogen) atoms. The average Bonchev–Trinajstić information content (AvgIpc) is 3.83. The minimum absolute atomic E-state index is 0.294. The van der Waals surface area contributed by atoms with Crippen LogP contribution in [0.4, 0.5) is 16.4 Å². The first-order valence-electron chi connectivity index (χ1n) is 13.5. The Morgan fingerprint density at radius 3 is 1.82 bits per heavy atom. The number of carboxylic acid groups (broad SMARTS) is 2. The van der Waals surface area contributed by atoms with Gasteiger partial charge in [-0.05, 0) is 54.6 Å². The van der Waals surface area contributed by atoms with Crippen LogP contribution in [0.25, 0.3) is 27.0 Å². The number of fused-ring (bicyclic) bond motifs is 1. The van der Waals surface area contributed by atoms with E-state index in [0.29, 0.717) is 11.5 Å². The molecule has 0 radical (unpaired) electrons. The van der Waals surface area contributed by atoms with Crippen LogP contribution < -0.4 is 15.6 Å². The van der Waals surface area contributed by atoms with Crippen LogP contribution in [0, 0.1) is 22.7 Å². The van der Waals surface area contributed by atoms with Crippen molar-refractivity contribution in [2.45, 2.75) is 6.42 Å². The lowest BCUT2D eigenvalue weighted by Gasteiger charge is -2.23. The lowest BCUT2D eigenvalue weighted by Crippen LogP contribution is -2.25. The van der Waals surface area contributed by atoms with Crippen molar-refractivity contribution in [1.29, 1.82) is 10.5 Å². The molecule has 1 aliphatic rings. The quantitative estimate of drug-likeness (QED) is 0.142. The summed E-state index contributed by atoms with van der Waals surface area (Å²) in [5, 5.41) is 36.3. The van der Waals surface area contributed by atoms with Crippen LogP contribution in [0.15, 0.2) is 113 Å². The maximum absolute atomic E-state index is 11.2. The van der Waals surface area contributed by atoms with Crippen LogP contribution in [0.5, 0.6) is 0 Å². The molecular weight excluding hydrogens is 607 g/mol. The van der Waals surface area contributed by atoms with Gasteiger partial charge in [0.2, 0.25) is 0 Å². The molecule has 0 bridgehead atoms. The molecule has 0 saturated heterocycles. The maximum atomic E-state index is 11.2. The van der Waals surface area contributed by atoms with E-state index in [4.69, 9.17) is 20.6 Å². The number of hydrogen-bond acceptors (Lipinski definition) is 9. The lowest BCUT2D eigenvalue weighted by molar-refractivity contribution is -0.136. The molecule has 0 spiro atoms. The topological polar surface area (TPSA) is 150 Å². The van der Waals surface area contributed by atoms with Gasteiger partial charge in [0.05, 0.1) is 16.8 Å². The maximum Gasteiger partial charge on any atom is 0.346 e. The van der Waals surface area contributed by atoms with Crippen LogP contribution in [0.3, 0.4) is 0 Å². The Balaban J connectivity index is 0.000000609. The van der Waals surface area contributed by atoms with E-state index in [9.17, 15) is 14.7 Å². The highest BCUT2D eigenvalue weighted by atomic mass is 32.1. The first-order chi connectivity index (χ1) is 21.9. The summed E-state index contributed by atoms with van der Waals surface area (Å²) >= 11 is 3.12. The third-order valence-corrected chi connectivity index (χ3v) is 8.64. The lowest BCUT2D eigenvalue weighted by atomic mass is 10.1. The van der Waals surface area contributed by atoms with Crippen LogP contribution in [-0.2, 0) is 9.59 Å². The number of hydrogen-bond donors (Lipinski definition) is 2. The third-order valence-electron chi connectivity index (χ3n) is 6.48. The Morgan fingerprint density at radius 1 is 0.778 bits per heavy atom. The zero-order chi connectivity index (χ0) is 31.8. The summed E-state index contributed by atoms with van der Waals surface area (Å²) in [4.78, 5) is 35.0. The number of para-hydroxylation sites is 2. The molecule has 3 aromatic carbocycles. The zero-order valence-electron chi connectivity index (χ0n) is 23.5. The third kappa shape index (κ3) is 7.03. The van der Waals surface area contributed by atoms with Crippen molar-refractivity contribution in [2.75, 3.05) is 11.6 Å². The number of anilines is 3. The molecule has 220 valence electrons. The highest BCUT2D eigenvalue weighted by Crippen LogP contribution is 2.41. The minimum Gasteiger partial charge on any atom is -0.480 e. The van der Waals surface area contributed by atoms with Gasteiger partial charge in [-0.2, -0.15) is 10.5 Å². The molecule has 2 aromatic heterocycles. The molecule has 9 nitrogen and oxygen atoms in total. The van der Waals surface area contributed by atoms with Crippen molar-refractivity contribution in [3.8, 4) is 33.0 Å². The smallest absolute Gasteiger partial charge is 0.346 e. The van der Waals surface area contributed by atoms with Crippen LogP contribution in [0.1, 0.15) is 11.3 Å². The van der Waals surface area contributed by atoms with Crippen LogP contribution in [0.2, 0.25) is 0 Å². The number of carboxylic acids is 2. The van der Waals surface area contributed by atoms with Crippen molar-refractivity contribution in [3.05, 3.63) is 118 Å². The molecule has 0 aliphatic carbocycles. The number of nitriles is 2. The van der Waals surface area contributed by atoms with Crippen LogP contribution in [-0.4, -0.2) is 28.8 Å². The molecule has 0 amide bonds. The largest absolute Gasteiger partial charge is 0.480 e. The fraction of sp³-hybridized carbons (Fsp3) is 0.0588. The highest BCUT2D eigenvalue weighted by molar-refractivity contribution is 7.19. The molecule has 0 unspecified atom stereocenters. The second-order valence-electron chi connectivity index (χ2n) is 9.37. The first kappa shape index (κ1) is 30.6. The van der Waals surface area contributed by atoms with E-state index in [1.165, 1.54) is 23.5 Å². The molecule has 2 N–H and O–H groups in total. The zero-order valence-corrected chi connectivity index (χ0v) is 25.1. The van der Waals surface area contributed by atoms with Gasteiger partial charge in [-0.25, -0.2) is 4.79 Å². The molecule has 1 aliphatic heterocycles. The Kier molecular flexibility index (Phi) is 9.55. The van der Waals surface area contributed by atoms with Crippen molar-refractivity contribution in [2.24, 2.45) is 9.98 Å². The van der Waals surface area contributed by atoms with E-state index >= 15 is 0 Å². The van der Waals surface area contributed by atoms with E-state index in [2.05, 4.69) is 52.4 Å². The van der Waals surface area contributed by atoms with Gasteiger partial charge >= 0.3 is 11.9 Å². The van der Waals surface area contributed by atoms with Gasteiger partial charge in [0.1, 0.15) is 29.7 Å². The molecular formula is C34H23N5O4S2. The molecule has 0 saturated carbocycles. The standard InChI is InChI=1S/C31H20N4O2S2.C3H3NO2/c32-18-20(31(36)37)17-23-11-14-26(38-23)24-12-13-25(30-29(24)33-19-34-30)27-15-16-28(39-27)35(21-7-3-1-4-8-21)22-9-5-2-6-10-22;4-2-1-3(5)6/h1-17H,19H2,(H,36,37);1H2,(H,5,6)/b20-17-;. The molecule has 0 atom stereocenters. The Bertz CT molecular complexity index is 2070. The second-order valence-corrected chi connectivity index (χ2v) is 11.5. The Hall–Kier alpha value is -5.88. The number of thiophene rings is 2. The summed E-state index contributed by atoms with van der Waals surface area (Å²) in [7, 11) is 0. The summed E-state index contributed by atoms with van der Waals surface area (Å²) in [6.07, 6.45) is 0.991. The van der Waals surface area contributed by atoms with Gasteiger partial charge in [-0.15, -0.1) is 22.7 Å². The number of benzene rings is 3. The molecule has 6 rings (SSSR count). The predicted octanol–water partition coefficient (Wildman–Crippen LogP) is 6.80. The summed E-state index contributed by atoms with van der Waals surface area (Å²) in [5.74, 6) is -2.31. The monoisotopic (exact) mass is 629 g/mol. The number of carbonyl (C=O) groups is 2. The Morgan fingerprint density at radius 2 is 1.33 bits per heavy atom. The summed E-state index contributed by atoms with van der Waals surface area (Å²) in [6, 6.07) is 36.0. The molecule has 0 fully saturated rings. The van der Waals surface area contributed by atoms with Gasteiger partial charge in [0, 0.05) is 37.1 Å². The SMILES string of the molecule is N#C/C(=C/c1ccc(-c2ccc(-c3ccc(N(c4ccccc4)c4ccccc4)s3)c3c2=NCN=3)s1)C(=O)O.N#CCC(=O)O. The average molecular weight is 630 g/mol. The van der Waals surface area contributed by atoms with E-state index in [1.807, 2.05) is 54.6 Å². The predicted molar refractivity (Wildman–Crippen MR) is 174 cm³/mol. The summed E-state index contributed by atoms with van der Waals surface area (Å²) in [6.45, 7) is 0.369. The highest BCUT2D eigenvalue weighted by Gasteiger charge is 2.18. The van der Waals surface area contributed by atoms with Gasteiger partial charge < -0.3 is 15.1 Å². The first-order valence-corrected chi connectivity index (χ1v) is 15.1. The number of nitrogens with zero attached hydrogens (tertiary/aromatic N) is 5. The van der Waals surface area contributed by atoms with Gasteiger partial charge in [0.15, 0.2) is 0 Å².